The van der Waals surface area contributed by atoms with E-state index in [4.69, 9.17) is 32.7 Å². The summed E-state index contributed by atoms with van der Waals surface area (Å²) in [6.07, 6.45) is 0.979. The number of hydrogen-bond donors (Lipinski definition) is 2. The van der Waals surface area contributed by atoms with Gasteiger partial charge < -0.3 is 25.0 Å². The van der Waals surface area contributed by atoms with Crippen LogP contribution in [0.2, 0.25) is 0 Å². The van der Waals surface area contributed by atoms with Crippen molar-refractivity contribution in [2.24, 2.45) is 5.92 Å². The number of aryl methyl sites for hydroxylation is 1. The highest BCUT2D eigenvalue weighted by molar-refractivity contribution is 6.44. The third-order valence-electron chi connectivity index (χ3n) is 8.03. The van der Waals surface area contributed by atoms with Crippen molar-refractivity contribution in [1.29, 1.82) is 0 Å². The normalized spacial score (nSPS) is 14.9. The fraction of sp³-hybridized carbons (Fsp3) is 0.543. The van der Waals surface area contributed by atoms with Crippen LogP contribution in [0.3, 0.4) is 0 Å². The standard InChI is InChI=1S/C35H47Cl2N7O6/c1-21-28(22(2)44(41-21)32(48)50-34(6,7)8)24-10-12-25(13-11-24)39-30(46)35(9,16-14-27(36)37)40-29(45)26-15-17-38-43(26)20-23-18-42(19-23)31(47)49-33(3,4)5/h10-13,15,17,23,27H,14,16,18-20H2,1-9H3,(H,39,46)(H,40,45)/t35-/m0/s1. The number of benzene rings is 1. The predicted molar refractivity (Wildman–Crippen MR) is 192 cm³/mol. The lowest BCUT2D eigenvalue weighted by Crippen LogP contribution is -2.55. The molecule has 1 aliphatic heterocycles. The Morgan fingerprint density at radius 3 is 2.10 bits per heavy atom. The molecule has 0 unspecified atom stereocenters. The van der Waals surface area contributed by atoms with Gasteiger partial charge in [-0.05, 0) is 98.9 Å². The number of halogens is 2. The van der Waals surface area contributed by atoms with E-state index < -0.39 is 39.5 Å². The van der Waals surface area contributed by atoms with E-state index in [-0.39, 0.29) is 30.5 Å². The Hall–Kier alpha value is -4.10. The summed E-state index contributed by atoms with van der Waals surface area (Å²) in [7, 11) is 0. The highest BCUT2D eigenvalue weighted by Crippen LogP contribution is 2.30. The number of carbonyl (C=O) groups is 4. The molecular weight excluding hydrogens is 685 g/mol. The second-order valence-corrected chi connectivity index (χ2v) is 16.1. The Labute approximate surface area is 302 Å². The van der Waals surface area contributed by atoms with Crippen LogP contribution in [0.1, 0.15) is 83.2 Å². The Kier molecular flexibility index (Phi) is 11.6. The number of nitrogens with one attached hydrogen (secondary N) is 2. The van der Waals surface area contributed by atoms with Crippen molar-refractivity contribution in [3.05, 3.63) is 53.6 Å². The van der Waals surface area contributed by atoms with E-state index in [2.05, 4.69) is 20.8 Å². The van der Waals surface area contributed by atoms with E-state index in [1.165, 1.54) is 10.9 Å². The Morgan fingerprint density at radius 2 is 1.52 bits per heavy atom. The SMILES string of the molecule is Cc1nn(C(=O)OC(C)(C)C)c(C)c1-c1ccc(NC(=O)[C@](C)(CCC(Cl)Cl)NC(=O)c2ccnn2CC2CN(C(=O)OC(C)(C)C)C2)cc1. The van der Waals surface area contributed by atoms with E-state index in [9.17, 15) is 19.2 Å². The Morgan fingerprint density at radius 1 is 0.920 bits per heavy atom. The van der Waals surface area contributed by atoms with Crippen LogP contribution in [0.15, 0.2) is 36.5 Å². The minimum Gasteiger partial charge on any atom is -0.444 e. The second-order valence-electron chi connectivity index (χ2n) is 14.8. The Bertz CT molecular complexity index is 1720. The van der Waals surface area contributed by atoms with Gasteiger partial charge in [0.05, 0.1) is 11.4 Å². The molecule has 1 aromatic carbocycles. The molecule has 3 amide bonds. The van der Waals surface area contributed by atoms with Gasteiger partial charge in [-0.15, -0.1) is 23.2 Å². The zero-order valence-electron chi connectivity index (χ0n) is 30.1. The fourth-order valence-corrected chi connectivity index (χ4v) is 5.77. The molecule has 0 radical (unpaired) electrons. The van der Waals surface area contributed by atoms with Crippen LogP contribution in [0.5, 0.6) is 0 Å². The van der Waals surface area contributed by atoms with E-state index in [1.54, 1.807) is 62.4 Å². The summed E-state index contributed by atoms with van der Waals surface area (Å²) < 4.78 is 13.7. The first-order valence-electron chi connectivity index (χ1n) is 16.5. The maximum Gasteiger partial charge on any atom is 0.435 e. The number of likely N-dealkylation sites (tertiary alicyclic amines) is 1. The molecule has 272 valence electrons. The minimum absolute atomic E-state index is 0.0825. The van der Waals surface area contributed by atoms with Crippen molar-refractivity contribution in [3.8, 4) is 11.1 Å². The number of ether oxygens (including phenoxy) is 2. The van der Waals surface area contributed by atoms with Crippen LogP contribution in [-0.2, 0) is 20.8 Å². The third kappa shape index (κ3) is 9.78. The highest BCUT2D eigenvalue weighted by Gasteiger charge is 2.38. The molecule has 4 rings (SSSR count). The van der Waals surface area contributed by atoms with Crippen molar-refractivity contribution in [2.75, 3.05) is 18.4 Å². The lowest BCUT2D eigenvalue weighted by Gasteiger charge is -2.39. The number of aromatic nitrogens is 4. The van der Waals surface area contributed by atoms with Gasteiger partial charge in [0, 0.05) is 43.0 Å². The van der Waals surface area contributed by atoms with Gasteiger partial charge in [-0.3, -0.25) is 14.3 Å². The number of nitrogens with zero attached hydrogens (tertiary/aromatic N) is 5. The minimum atomic E-state index is -1.39. The number of alkyl halides is 2. The molecule has 15 heteroatoms. The van der Waals surface area contributed by atoms with Gasteiger partial charge in [-0.1, -0.05) is 12.1 Å². The summed E-state index contributed by atoms with van der Waals surface area (Å²) in [6, 6.07) is 8.69. The number of rotatable bonds is 10. The first kappa shape index (κ1) is 38.7. The molecule has 1 aliphatic rings. The van der Waals surface area contributed by atoms with E-state index in [1.807, 2.05) is 39.8 Å². The molecule has 0 saturated carbocycles. The molecule has 13 nitrogen and oxygen atoms in total. The largest absolute Gasteiger partial charge is 0.444 e. The fourth-order valence-electron chi connectivity index (χ4n) is 5.55. The van der Waals surface area contributed by atoms with Crippen molar-refractivity contribution < 1.29 is 28.7 Å². The number of amides is 3. The van der Waals surface area contributed by atoms with Gasteiger partial charge in [-0.25, -0.2) is 9.59 Å². The van der Waals surface area contributed by atoms with Crippen LogP contribution >= 0.6 is 23.2 Å². The molecule has 3 aromatic rings. The third-order valence-corrected chi connectivity index (χ3v) is 8.47. The zero-order chi connectivity index (χ0) is 37.2. The van der Waals surface area contributed by atoms with Crippen LogP contribution < -0.4 is 10.6 Å². The summed E-state index contributed by atoms with van der Waals surface area (Å²) in [5.74, 6) is -0.873. The summed E-state index contributed by atoms with van der Waals surface area (Å²) in [5, 5.41) is 14.5. The number of carbonyl (C=O) groups excluding carboxylic acids is 4. The van der Waals surface area contributed by atoms with Gasteiger partial charge in [-0.2, -0.15) is 14.9 Å². The van der Waals surface area contributed by atoms with Crippen molar-refractivity contribution in [3.63, 3.8) is 0 Å². The van der Waals surface area contributed by atoms with E-state index >= 15 is 0 Å². The molecule has 50 heavy (non-hydrogen) atoms. The summed E-state index contributed by atoms with van der Waals surface area (Å²) in [6.45, 7) is 17.4. The van der Waals surface area contributed by atoms with E-state index in [0.717, 1.165) is 11.1 Å². The smallest absolute Gasteiger partial charge is 0.435 e. The van der Waals surface area contributed by atoms with Crippen LogP contribution in [-0.4, -0.2) is 83.1 Å². The molecule has 1 saturated heterocycles. The molecule has 1 atom stereocenters. The van der Waals surface area contributed by atoms with Crippen LogP contribution in [0.25, 0.3) is 11.1 Å². The zero-order valence-corrected chi connectivity index (χ0v) is 31.6. The lowest BCUT2D eigenvalue weighted by molar-refractivity contribution is -0.121. The summed E-state index contributed by atoms with van der Waals surface area (Å²) >= 11 is 12.1. The topological polar surface area (TPSA) is 150 Å². The van der Waals surface area contributed by atoms with Crippen molar-refractivity contribution in [1.82, 2.24) is 29.8 Å². The van der Waals surface area contributed by atoms with Gasteiger partial charge in [0.1, 0.15) is 27.3 Å². The molecule has 3 heterocycles. The molecular formula is C35H47Cl2N7O6. The summed E-state index contributed by atoms with van der Waals surface area (Å²) in [4.78, 5) is 53.3. The molecule has 0 bridgehead atoms. The molecule has 0 spiro atoms. The Balaban J connectivity index is 1.44. The first-order chi connectivity index (χ1) is 23.2. The predicted octanol–water partition coefficient (Wildman–Crippen LogP) is 6.72. The van der Waals surface area contributed by atoms with E-state index in [0.29, 0.717) is 36.7 Å². The number of hydrogen-bond acceptors (Lipinski definition) is 8. The maximum atomic E-state index is 13.8. The van der Waals surface area contributed by atoms with Crippen LogP contribution in [0, 0.1) is 19.8 Å². The van der Waals surface area contributed by atoms with Crippen molar-refractivity contribution >= 4 is 52.9 Å². The lowest BCUT2D eigenvalue weighted by atomic mass is 9.94. The van der Waals surface area contributed by atoms with Gasteiger partial charge >= 0.3 is 12.2 Å². The molecule has 0 aliphatic carbocycles. The molecule has 2 N–H and O–H groups in total. The van der Waals surface area contributed by atoms with Gasteiger partial charge in [0.25, 0.3) is 5.91 Å². The van der Waals surface area contributed by atoms with Crippen LogP contribution in [0.4, 0.5) is 15.3 Å². The molecule has 1 fully saturated rings. The quantitative estimate of drug-likeness (QED) is 0.218. The monoisotopic (exact) mass is 731 g/mol. The van der Waals surface area contributed by atoms with Crippen molar-refractivity contribution in [2.45, 2.75) is 103 Å². The molecule has 2 aromatic heterocycles. The van der Waals surface area contributed by atoms with Gasteiger partial charge in [0.2, 0.25) is 5.91 Å². The first-order valence-corrected chi connectivity index (χ1v) is 17.3. The second kappa shape index (κ2) is 15.0. The average Bonchev–Trinajstić information content (AvgIpc) is 3.55. The van der Waals surface area contributed by atoms with Gasteiger partial charge in [0.15, 0.2) is 0 Å². The maximum absolute atomic E-state index is 13.8. The average molecular weight is 733 g/mol. The summed E-state index contributed by atoms with van der Waals surface area (Å²) in [5.41, 5.74) is 0.962. The highest BCUT2D eigenvalue weighted by atomic mass is 35.5. The number of anilines is 1.